The van der Waals surface area contributed by atoms with Gasteiger partial charge in [0, 0.05) is 24.8 Å². The summed E-state index contributed by atoms with van der Waals surface area (Å²) in [5, 5.41) is 13.9. The van der Waals surface area contributed by atoms with E-state index in [0.29, 0.717) is 38.1 Å². The van der Waals surface area contributed by atoms with E-state index >= 15 is 0 Å². The average Bonchev–Trinajstić information content (AvgIpc) is 2.80. The molecule has 1 aliphatic rings. The molecule has 1 N–H and O–H groups in total. The number of nitro benzene ring substituents is 1. The summed E-state index contributed by atoms with van der Waals surface area (Å²) in [4.78, 5) is 37.2. The number of hydrogen-bond donors (Lipinski definition) is 1. The number of carbonyl (C=O) groups excluding carboxylic acids is 2. The highest BCUT2D eigenvalue weighted by Crippen LogP contribution is 2.36. The zero-order valence-corrected chi connectivity index (χ0v) is 17.6. The highest BCUT2D eigenvalue weighted by Gasteiger charge is 2.26. The number of alkyl halides is 2. The van der Waals surface area contributed by atoms with Crippen LogP contribution in [0, 0.1) is 10.1 Å². The molecule has 0 aliphatic carbocycles. The lowest BCUT2D eigenvalue weighted by Crippen LogP contribution is -2.41. The Labute approximate surface area is 187 Å². The van der Waals surface area contributed by atoms with Crippen LogP contribution in [-0.2, 0) is 16.0 Å². The summed E-state index contributed by atoms with van der Waals surface area (Å²) in [6.07, 6.45) is 0.183. The van der Waals surface area contributed by atoms with Gasteiger partial charge >= 0.3 is 6.61 Å². The highest BCUT2D eigenvalue weighted by molar-refractivity contribution is 6.07. The molecule has 0 spiro atoms. The second-order valence-corrected chi connectivity index (χ2v) is 6.98. The minimum absolute atomic E-state index is 0.0380. The third-order valence-electron chi connectivity index (χ3n) is 4.87. The number of hydrogen-bond acceptors (Lipinski definition) is 7. The van der Waals surface area contributed by atoms with Crippen molar-refractivity contribution >= 4 is 23.2 Å². The molecular weight excluding hydrogens is 444 g/mol. The number of carbonyl (C=O) groups is 2. The molecule has 2 amide bonds. The fraction of sp³-hybridized carbons (Fsp3) is 0.333. The van der Waals surface area contributed by atoms with Crippen LogP contribution in [0.2, 0.25) is 0 Å². The van der Waals surface area contributed by atoms with Gasteiger partial charge in [-0.15, -0.1) is 0 Å². The van der Waals surface area contributed by atoms with E-state index in [-0.39, 0.29) is 18.1 Å². The van der Waals surface area contributed by atoms with E-state index in [1.807, 2.05) is 0 Å². The molecule has 10 nitrogen and oxygen atoms in total. The van der Waals surface area contributed by atoms with E-state index in [1.165, 1.54) is 0 Å². The number of rotatable bonds is 8. The molecule has 0 bridgehead atoms. The minimum atomic E-state index is -3.23. The number of nitro groups is 1. The summed E-state index contributed by atoms with van der Waals surface area (Å²) in [7, 11) is 1.15. The van der Waals surface area contributed by atoms with Crippen LogP contribution in [0.25, 0.3) is 0 Å². The van der Waals surface area contributed by atoms with Gasteiger partial charge in [-0.1, -0.05) is 12.1 Å². The van der Waals surface area contributed by atoms with E-state index in [0.717, 1.165) is 18.7 Å². The summed E-state index contributed by atoms with van der Waals surface area (Å²) in [6.45, 7) is -1.15. The minimum Gasteiger partial charge on any atom is -0.493 e. The van der Waals surface area contributed by atoms with Gasteiger partial charge in [-0.05, 0) is 17.7 Å². The number of methoxy groups -OCH3 is 1. The lowest BCUT2D eigenvalue weighted by Gasteiger charge is -2.26. The van der Waals surface area contributed by atoms with Gasteiger partial charge < -0.3 is 24.4 Å². The summed E-state index contributed by atoms with van der Waals surface area (Å²) in [6, 6.07) is 8.08. The SMILES string of the molecule is COc1cc(C(=O)Nc2ccc(CC(=O)N3CCOCC3)cc2)c([N+](=O)[O-])cc1OC(F)F. The maximum absolute atomic E-state index is 12.7. The second-order valence-electron chi connectivity index (χ2n) is 6.98. The normalized spacial score (nSPS) is 13.5. The van der Waals surface area contributed by atoms with Crippen LogP contribution in [0.3, 0.4) is 0 Å². The number of benzene rings is 2. The van der Waals surface area contributed by atoms with E-state index in [2.05, 4.69) is 10.1 Å². The van der Waals surface area contributed by atoms with Gasteiger partial charge in [0.1, 0.15) is 5.56 Å². The molecule has 176 valence electrons. The molecule has 1 fully saturated rings. The van der Waals surface area contributed by atoms with Crippen LogP contribution >= 0.6 is 0 Å². The average molecular weight is 465 g/mol. The summed E-state index contributed by atoms with van der Waals surface area (Å²) < 4.78 is 39.5. The maximum Gasteiger partial charge on any atom is 0.387 e. The molecule has 0 radical (unpaired) electrons. The van der Waals surface area contributed by atoms with Gasteiger partial charge in [-0.3, -0.25) is 19.7 Å². The summed E-state index contributed by atoms with van der Waals surface area (Å²) >= 11 is 0. The molecule has 0 unspecified atom stereocenters. The third-order valence-corrected chi connectivity index (χ3v) is 4.87. The Kier molecular flexibility index (Phi) is 7.72. The predicted molar refractivity (Wildman–Crippen MR) is 112 cm³/mol. The Morgan fingerprint density at radius 2 is 1.85 bits per heavy atom. The third kappa shape index (κ3) is 6.13. The smallest absolute Gasteiger partial charge is 0.387 e. The van der Waals surface area contributed by atoms with E-state index in [9.17, 15) is 28.5 Å². The van der Waals surface area contributed by atoms with Crippen molar-refractivity contribution in [3.05, 3.63) is 57.6 Å². The number of halogens is 2. The van der Waals surface area contributed by atoms with Crippen molar-refractivity contribution in [3.8, 4) is 11.5 Å². The zero-order chi connectivity index (χ0) is 24.0. The van der Waals surface area contributed by atoms with Gasteiger partial charge in [-0.25, -0.2) is 0 Å². The van der Waals surface area contributed by atoms with E-state index in [4.69, 9.17) is 9.47 Å². The van der Waals surface area contributed by atoms with E-state index < -0.39 is 34.4 Å². The van der Waals surface area contributed by atoms with Gasteiger partial charge in [0.2, 0.25) is 5.91 Å². The first-order chi connectivity index (χ1) is 15.8. The van der Waals surface area contributed by atoms with Gasteiger partial charge in [0.15, 0.2) is 11.5 Å². The lowest BCUT2D eigenvalue weighted by atomic mass is 10.1. The van der Waals surface area contributed by atoms with Crippen LogP contribution in [0.15, 0.2) is 36.4 Å². The van der Waals surface area contributed by atoms with Crippen molar-refractivity contribution in [1.29, 1.82) is 0 Å². The summed E-state index contributed by atoms with van der Waals surface area (Å²) in [5.74, 6) is -1.71. The quantitative estimate of drug-likeness (QED) is 0.470. The molecular formula is C21H21F2N3O7. The first kappa shape index (κ1) is 23.9. The van der Waals surface area contributed by atoms with Crippen LogP contribution in [0.1, 0.15) is 15.9 Å². The Hall–Kier alpha value is -3.80. The standard InChI is InChI=1S/C21H21F2N3O7/c1-31-17-11-15(16(26(29)30)12-18(17)33-21(22)23)20(28)24-14-4-2-13(3-5-14)10-19(27)25-6-8-32-9-7-25/h2-5,11-12,21H,6-10H2,1H3,(H,24,28). The van der Waals surface area contributed by atoms with Crippen molar-refractivity contribution in [2.75, 3.05) is 38.7 Å². The molecule has 0 saturated carbocycles. The molecule has 1 saturated heterocycles. The number of nitrogens with one attached hydrogen (secondary N) is 1. The topological polar surface area (TPSA) is 120 Å². The molecule has 3 rings (SSSR count). The van der Waals surface area contributed by atoms with Crippen LogP contribution in [-0.4, -0.2) is 61.7 Å². The van der Waals surface area contributed by atoms with E-state index in [1.54, 1.807) is 29.2 Å². The second kappa shape index (κ2) is 10.7. The van der Waals surface area contributed by atoms with Crippen molar-refractivity contribution in [2.24, 2.45) is 0 Å². The molecule has 1 heterocycles. The highest BCUT2D eigenvalue weighted by atomic mass is 19.3. The largest absolute Gasteiger partial charge is 0.493 e. The molecule has 33 heavy (non-hydrogen) atoms. The number of anilines is 1. The fourth-order valence-electron chi connectivity index (χ4n) is 3.23. The number of nitrogens with zero attached hydrogens (tertiary/aromatic N) is 2. The molecule has 2 aromatic carbocycles. The maximum atomic E-state index is 12.7. The Balaban J connectivity index is 1.73. The molecule has 12 heteroatoms. The first-order valence-corrected chi connectivity index (χ1v) is 9.85. The zero-order valence-electron chi connectivity index (χ0n) is 17.6. The van der Waals surface area contributed by atoms with Gasteiger partial charge in [-0.2, -0.15) is 8.78 Å². The van der Waals surface area contributed by atoms with Crippen molar-refractivity contribution in [2.45, 2.75) is 13.0 Å². The van der Waals surface area contributed by atoms with Crippen molar-refractivity contribution < 1.29 is 37.5 Å². The fourth-order valence-corrected chi connectivity index (χ4v) is 3.23. The summed E-state index contributed by atoms with van der Waals surface area (Å²) in [5.41, 5.74) is -0.0731. The van der Waals surface area contributed by atoms with Crippen molar-refractivity contribution in [1.82, 2.24) is 4.90 Å². The van der Waals surface area contributed by atoms with Crippen LogP contribution < -0.4 is 14.8 Å². The van der Waals surface area contributed by atoms with Gasteiger partial charge in [0.05, 0.1) is 37.7 Å². The van der Waals surface area contributed by atoms with Crippen molar-refractivity contribution in [3.63, 3.8) is 0 Å². The Morgan fingerprint density at radius 1 is 1.18 bits per heavy atom. The van der Waals surface area contributed by atoms with Crippen LogP contribution in [0.5, 0.6) is 11.5 Å². The lowest BCUT2D eigenvalue weighted by molar-refractivity contribution is -0.385. The molecule has 0 atom stereocenters. The number of morpholine rings is 1. The van der Waals surface area contributed by atoms with Gasteiger partial charge in [0.25, 0.3) is 11.6 Å². The molecule has 0 aromatic heterocycles. The first-order valence-electron chi connectivity index (χ1n) is 9.85. The predicted octanol–water partition coefficient (Wildman–Crippen LogP) is 2.86. The molecule has 1 aliphatic heterocycles. The number of ether oxygens (including phenoxy) is 3. The molecule has 2 aromatic rings. The monoisotopic (exact) mass is 465 g/mol. The Bertz CT molecular complexity index is 1030. The Morgan fingerprint density at radius 3 is 2.42 bits per heavy atom. The van der Waals surface area contributed by atoms with Crippen LogP contribution in [0.4, 0.5) is 20.2 Å². The number of amides is 2.